The number of amides is 1. The lowest BCUT2D eigenvalue weighted by molar-refractivity contribution is 0.0746. The van der Waals surface area contributed by atoms with E-state index in [9.17, 15) is 13.2 Å². The fourth-order valence-corrected chi connectivity index (χ4v) is 6.65. The molecule has 32 heavy (non-hydrogen) atoms. The van der Waals surface area contributed by atoms with E-state index in [4.69, 9.17) is 0 Å². The average molecular weight is 456 g/mol. The Morgan fingerprint density at radius 3 is 2.06 bits per heavy atom. The molecule has 1 amide bonds. The third-order valence-corrected chi connectivity index (χ3v) is 8.44. The van der Waals surface area contributed by atoms with Crippen molar-refractivity contribution in [3.63, 3.8) is 0 Å². The van der Waals surface area contributed by atoms with Gasteiger partial charge in [0.25, 0.3) is 5.91 Å². The number of hydrogen-bond acceptors (Lipinski definition) is 4. The summed E-state index contributed by atoms with van der Waals surface area (Å²) >= 11 is 0. The van der Waals surface area contributed by atoms with E-state index in [0.717, 1.165) is 19.5 Å². The molecule has 0 radical (unpaired) electrons. The lowest BCUT2D eigenvalue weighted by atomic mass is 9.94. The molecule has 0 aliphatic carbocycles. The lowest BCUT2D eigenvalue weighted by Gasteiger charge is -2.37. The Bertz CT molecular complexity index is 1050. The summed E-state index contributed by atoms with van der Waals surface area (Å²) in [5, 5.41) is 0. The predicted molar refractivity (Wildman–Crippen MR) is 127 cm³/mol. The monoisotopic (exact) mass is 455 g/mol. The smallest absolute Gasteiger partial charge is 0.253 e. The van der Waals surface area contributed by atoms with Crippen molar-refractivity contribution in [2.24, 2.45) is 11.8 Å². The van der Waals surface area contributed by atoms with Gasteiger partial charge in [0.2, 0.25) is 10.0 Å². The summed E-state index contributed by atoms with van der Waals surface area (Å²) in [5.41, 5.74) is 2.99. The number of aryl methyl sites for hydroxylation is 1. The van der Waals surface area contributed by atoms with E-state index in [1.54, 1.807) is 28.6 Å². The van der Waals surface area contributed by atoms with Crippen LogP contribution in [0.1, 0.15) is 36.2 Å². The molecule has 0 unspecified atom stereocenters. The number of para-hydroxylation sites is 1. The van der Waals surface area contributed by atoms with Crippen molar-refractivity contribution in [3.8, 4) is 0 Å². The second kappa shape index (κ2) is 9.24. The van der Waals surface area contributed by atoms with E-state index in [2.05, 4.69) is 37.8 Å². The molecule has 2 saturated heterocycles. The van der Waals surface area contributed by atoms with Gasteiger partial charge in [-0.05, 0) is 61.1 Å². The van der Waals surface area contributed by atoms with Gasteiger partial charge in [0.1, 0.15) is 0 Å². The first-order chi connectivity index (χ1) is 15.3. The highest BCUT2D eigenvalue weighted by Crippen LogP contribution is 2.27. The Hall–Kier alpha value is -2.38. The van der Waals surface area contributed by atoms with Crippen LogP contribution in [0.2, 0.25) is 0 Å². The maximum atomic E-state index is 13.1. The third kappa shape index (κ3) is 4.69. The molecule has 2 heterocycles. The number of hydrogen-bond donors (Lipinski definition) is 0. The first kappa shape index (κ1) is 22.8. The fraction of sp³-hybridized carbons (Fsp3) is 0.480. The van der Waals surface area contributed by atoms with Crippen LogP contribution in [-0.2, 0) is 10.0 Å². The van der Waals surface area contributed by atoms with Gasteiger partial charge in [-0.25, -0.2) is 8.42 Å². The molecule has 0 bridgehead atoms. The normalized spacial score (nSPS) is 22.7. The van der Waals surface area contributed by atoms with Crippen molar-refractivity contribution >= 4 is 21.6 Å². The second-order valence-electron chi connectivity index (χ2n) is 9.36. The highest BCUT2D eigenvalue weighted by Gasteiger charge is 2.32. The van der Waals surface area contributed by atoms with Crippen molar-refractivity contribution in [2.75, 3.05) is 44.2 Å². The average Bonchev–Trinajstić information content (AvgIpc) is 2.78. The van der Waals surface area contributed by atoms with Gasteiger partial charge in [-0.15, -0.1) is 0 Å². The Kier molecular flexibility index (Phi) is 6.58. The number of sulfonamides is 1. The van der Waals surface area contributed by atoms with Crippen molar-refractivity contribution in [2.45, 2.75) is 32.1 Å². The van der Waals surface area contributed by atoms with Gasteiger partial charge in [-0.2, -0.15) is 4.31 Å². The van der Waals surface area contributed by atoms with Crippen molar-refractivity contribution in [1.29, 1.82) is 0 Å². The van der Waals surface area contributed by atoms with E-state index in [1.165, 1.54) is 11.3 Å². The Labute approximate surface area is 191 Å². The SMILES string of the molecule is Cc1ccccc1N1CCN(C(=O)c2ccc(S(=O)(=O)N3C[C@H](C)C[C@@H](C)C3)cc2)CC1. The van der Waals surface area contributed by atoms with Crippen molar-refractivity contribution in [1.82, 2.24) is 9.21 Å². The second-order valence-corrected chi connectivity index (χ2v) is 11.3. The van der Waals surface area contributed by atoms with Crippen LogP contribution in [0, 0.1) is 18.8 Å². The zero-order chi connectivity index (χ0) is 22.9. The van der Waals surface area contributed by atoms with Gasteiger partial charge in [-0.1, -0.05) is 32.0 Å². The van der Waals surface area contributed by atoms with Crippen LogP contribution in [0.5, 0.6) is 0 Å². The molecule has 2 aromatic carbocycles. The largest absolute Gasteiger partial charge is 0.368 e. The molecule has 2 aliphatic heterocycles. The number of piperidine rings is 1. The van der Waals surface area contributed by atoms with Crippen LogP contribution in [0.25, 0.3) is 0 Å². The maximum Gasteiger partial charge on any atom is 0.253 e. The zero-order valence-electron chi connectivity index (χ0n) is 19.2. The van der Waals surface area contributed by atoms with Gasteiger partial charge in [0.15, 0.2) is 0 Å². The molecule has 6 nitrogen and oxygen atoms in total. The number of piperazine rings is 1. The summed E-state index contributed by atoms with van der Waals surface area (Å²) in [7, 11) is -3.54. The molecule has 2 fully saturated rings. The predicted octanol–water partition coefficient (Wildman–Crippen LogP) is 3.62. The minimum atomic E-state index is -3.54. The zero-order valence-corrected chi connectivity index (χ0v) is 20.0. The van der Waals surface area contributed by atoms with E-state index in [0.29, 0.717) is 43.6 Å². The van der Waals surface area contributed by atoms with Crippen molar-refractivity contribution < 1.29 is 13.2 Å². The van der Waals surface area contributed by atoms with Gasteiger partial charge in [0.05, 0.1) is 4.90 Å². The number of rotatable bonds is 4. The first-order valence-corrected chi connectivity index (χ1v) is 12.9. The minimum Gasteiger partial charge on any atom is -0.368 e. The molecular weight excluding hydrogens is 422 g/mol. The maximum absolute atomic E-state index is 13.1. The molecule has 0 spiro atoms. The van der Waals surface area contributed by atoms with E-state index >= 15 is 0 Å². The Morgan fingerprint density at radius 2 is 1.47 bits per heavy atom. The van der Waals surface area contributed by atoms with E-state index in [-0.39, 0.29) is 10.8 Å². The van der Waals surface area contributed by atoms with Crippen LogP contribution >= 0.6 is 0 Å². The summed E-state index contributed by atoms with van der Waals surface area (Å²) in [6.45, 7) is 10.3. The standard InChI is InChI=1S/C25H33N3O3S/c1-19-16-20(2)18-28(17-19)32(30,31)23-10-8-22(9-11-23)25(29)27-14-12-26(13-15-27)24-7-5-4-6-21(24)3/h4-11,19-20H,12-18H2,1-3H3/t19-,20-/m1/s1. The summed E-state index contributed by atoms with van der Waals surface area (Å²) in [6, 6.07) is 14.8. The molecule has 2 atom stereocenters. The topological polar surface area (TPSA) is 60.9 Å². The third-order valence-electron chi connectivity index (χ3n) is 6.60. The van der Waals surface area contributed by atoms with E-state index in [1.807, 2.05) is 17.0 Å². The Balaban J connectivity index is 1.41. The van der Waals surface area contributed by atoms with Crippen LogP contribution < -0.4 is 4.90 Å². The number of nitrogens with zero attached hydrogens (tertiary/aromatic N) is 3. The van der Waals surface area contributed by atoms with Crippen LogP contribution in [-0.4, -0.2) is 62.8 Å². The summed E-state index contributed by atoms with van der Waals surface area (Å²) < 4.78 is 27.8. The van der Waals surface area contributed by atoms with Gasteiger partial charge < -0.3 is 9.80 Å². The highest BCUT2D eigenvalue weighted by atomic mass is 32.2. The molecule has 0 aromatic heterocycles. The molecule has 4 rings (SSSR count). The quantitative estimate of drug-likeness (QED) is 0.707. The fourth-order valence-electron chi connectivity index (χ4n) is 4.97. The van der Waals surface area contributed by atoms with Gasteiger partial charge >= 0.3 is 0 Å². The number of benzene rings is 2. The number of anilines is 1. The molecule has 2 aromatic rings. The van der Waals surface area contributed by atoms with Crippen LogP contribution in [0.15, 0.2) is 53.4 Å². The molecule has 0 saturated carbocycles. The molecular formula is C25H33N3O3S. The number of carbonyl (C=O) groups is 1. The first-order valence-electron chi connectivity index (χ1n) is 11.5. The minimum absolute atomic E-state index is 0.0430. The van der Waals surface area contributed by atoms with Gasteiger partial charge in [-0.3, -0.25) is 4.79 Å². The molecule has 7 heteroatoms. The van der Waals surface area contributed by atoms with Crippen molar-refractivity contribution in [3.05, 3.63) is 59.7 Å². The van der Waals surface area contributed by atoms with Crippen LogP contribution in [0.3, 0.4) is 0 Å². The molecule has 2 aliphatic rings. The molecule has 0 N–H and O–H groups in total. The Morgan fingerprint density at radius 1 is 0.875 bits per heavy atom. The number of carbonyl (C=O) groups excluding carboxylic acids is 1. The summed E-state index contributed by atoms with van der Waals surface area (Å²) in [4.78, 5) is 17.4. The van der Waals surface area contributed by atoms with Gasteiger partial charge in [0, 0.05) is 50.5 Å². The van der Waals surface area contributed by atoms with Crippen LogP contribution in [0.4, 0.5) is 5.69 Å². The van der Waals surface area contributed by atoms with E-state index < -0.39 is 10.0 Å². The summed E-state index contributed by atoms with van der Waals surface area (Å²) in [6.07, 6.45) is 1.05. The summed E-state index contributed by atoms with van der Waals surface area (Å²) in [5.74, 6) is 0.666. The lowest BCUT2D eigenvalue weighted by Crippen LogP contribution is -2.49. The highest BCUT2D eigenvalue weighted by molar-refractivity contribution is 7.89. The molecule has 172 valence electrons.